The Labute approximate surface area is 159 Å². The number of carbonyl (C=O) groups excluding carboxylic acids is 2. The molecule has 1 N–H and O–H groups in total. The molecule has 2 aromatic rings. The van der Waals surface area contributed by atoms with Gasteiger partial charge in [-0.25, -0.2) is 4.79 Å². The normalized spacial score (nSPS) is 20.1. The number of ether oxygens (including phenoxy) is 1. The molecular weight excluding hydrogens is 340 g/mol. The van der Waals surface area contributed by atoms with Crippen molar-refractivity contribution < 1.29 is 14.3 Å². The van der Waals surface area contributed by atoms with Crippen LogP contribution in [0.4, 0.5) is 4.79 Å². The van der Waals surface area contributed by atoms with E-state index in [4.69, 9.17) is 4.74 Å². The van der Waals surface area contributed by atoms with Crippen molar-refractivity contribution in [2.45, 2.75) is 31.9 Å². The second kappa shape index (κ2) is 7.43. The number of amides is 2. The summed E-state index contributed by atoms with van der Waals surface area (Å²) >= 11 is 0. The summed E-state index contributed by atoms with van der Waals surface area (Å²) < 4.78 is 5.42. The second-order valence-electron chi connectivity index (χ2n) is 7.49. The predicted molar refractivity (Wildman–Crippen MR) is 102 cm³/mol. The summed E-state index contributed by atoms with van der Waals surface area (Å²) in [5.74, 6) is -0.0119. The van der Waals surface area contributed by atoms with Crippen molar-refractivity contribution in [2.75, 3.05) is 13.1 Å². The molecule has 1 saturated heterocycles. The Morgan fingerprint density at radius 1 is 1.00 bits per heavy atom. The summed E-state index contributed by atoms with van der Waals surface area (Å²) in [7, 11) is 0. The van der Waals surface area contributed by atoms with Gasteiger partial charge < -0.3 is 15.0 Å². The van der Waals surface area contributed by atoms with Crippen LogP contribution < -0.4 is 5.32 Å². The van der Waals surface area contributed by atoms with E-state index in [0.29, 0.717) is 25.3 Å². The summed E-state index contributed by atoms with van der Waals surface area (Å²) in [5, 5.41) is 3.15. The van der Waals surface area contributed by atoms with E-state index >= 15 is 0 Å². The van der Waals surface area contributed by atoms with Crippen LogP contribution in [0.25, 0.3) is 0 Å². The molecule has 0 radical (unpaired) electrons. The summed E-state index contributed by atoms with van der Waals surface area (Å²) in [6.07, 6.45) is 2.57. The van der Waals surface area contributed by atoms with Crippen LogP contribution in [0.2, 0.25) is 0 Å². The van der Waals surface area contributed by atoms with E-state index in [1.54, 1.807) is 4.90 Å². The van der Waals surface area contributed by atoms with Gasteiger partial charge in [0.2, 0.25) is 0 Å². The van der Waals surface area contributed by atoms with Crippen molar-refractivity contribution in [3.05, 3.63) is 71.8 Å². The molecule has 0 bridgehead atoms. The molecule has 2 amide bonds. The number of likely N-dealkylation sites (tertiary alicyclic amines) is 1. The number of nitrogens with zero attached hydrogens (tertiary/aromatic N) is 1. The highest BCUT2D eigenvalue weighted by molar-refractivity contribution is 5.94. The van der Waals surface area contributed by atoms with Crippen molar-refractivity contribution in [2.24, 2.45) is 5.41 Å². The molecule has 27 heavy (non-hydrogen) atoms. The maximum Gasteiger partial charge on any atom is 0.410 e. The average Bonchev–Trinajstić information content (AvgIpc) is 3.38. The van der Waals surface area contributed by atoms with Gasteiger partial charge in [-0.1, -0.05) is 48.5 Å². The number of hydrogen-bond acceptors (Lipinski definition) is 3. The first-order valence-electron chi connectivity index (χ1n) is 9.48. The van der Waals surface area contributed by atoms with Crippen LogP contribution in [-0.4, -0.2) is 36.0 Å². The van der Waals surface area contributed by atoms with Crippen molar-refractivity contribution in [3.8, 4) is 0 Å². The van der Waals surface area contributed by atoms with Gasteiger partial charge in [0.05, 0.1) is 0 Å². The second-order valence-corrected chi connectivity index (χ2v) is 7.49. The third-order valence-electron chi connectivity index (χ3n) is 5.75. The minimum Gasteiger partial charge on any atom is -0.445 e. The van der Waals surface area contributed by atoms with Crippen LogP contribution >= 0.6 is 0 Å². The topological polar surface area (TPSA) is 58.6 Å². The van der Waals surface area contributed by atoms with Gasteiger partial charge >= 0.3 is 6.09 Å². The van der Waals surface area contributed by atoms with E-state index in [-0.39, 0.29) is 23.5 Å². The van der Waals surface area contributed by atoms with Gasteiger partial charge in [-0.3, -0.25) is 4.79 Å². The molecular formula is C22H24N2O3. The number of rotatable bonds is 4. The van der Waals surface area contributed by atoms with Crippen molar-refractivity contribution in [1.29, 1.82) is 0 Å². The smallest absolute Gasteiger partial charge is 0.410 e. The molecule has 5 heteroatoms. The lowest BCUT2D eigenvalue weighted by molar-refractivity contribution is 0.0772. The van der Waals surface area contributed by atoms with Crippen LogP contribution in [0.15, 0.2) is 60.7 Å². The quantitative estimate of drug-likeness (QED) is 0.902. The first-order chi connectivity index (χ1) is 13.2. The molecule has 2 fully saturated rings. The van der Waals surface area contributed by atoms with Crippen molar-refractivity contribution in [1.82, 2.24) is 10.2 Å². The maximum atomic E-state index is 12.3. The highest BCUT2D eigenvalue weighted by atomic mass is 16.6. The Morgan fingerprint density at radius 2 is 1.63 bits per heavy atom. The van der Waals surface area contributed by atoms with E-state index in [1.807, 2.05) is 60.7 Å². The highest BCUT2D eigenvalue weighted by Crippen LogP contribution is 2.54. The zero-order chi connectivity index (χ0) is 18.7. The lowest BCUT2D eigenvalue weighted by Crippen LogP contribution is -2.42. The monoisotopic (exact) mass is 364 g/mol. The molecule has 1 aliphatic carbocycles. The Hall–Kier alpha value is -2.82. The maximum absolute atomic E-state index is 12.3. The number of piperidine rings is 1. The molecule has 1 unspecified atom stereocenters. The van der Waals surface area contributed by atoms with Gasteiger partial charge in [0, 0.05) is 24.7 Å². The number of hydrogen-bond donors (Lipinski definition) is 1. The van der Waals surface area contributed by atoms with Gasteiger partial charge in [0.1, 0.15) is 6.61 Å². The molecule has 1 spiro atoms. The molecule has 5 nitrogen and oxygen atoms in total. The average molecular weight is 364 g/mol. The number of carbonyl (C=O) groups is 2. The van der Waals surface area contributed by atoms with Crippen LogP contribution in [0.5, 0.6) is 0 Å². The summed E-state index contributed by atoms with van der Waals surface area (Å²) in [4.78, 5) is 26.4. The molecule has 1 aliphatic heterocycles. The zero-order valence-corrected chi connectivity index (χ0v) is 15.3. The van der Waals surface area contributed by atoms with Gasteiger partial charge in [0.25, 0.3) is 5.91 Å². The molecule has 0 aromatic heterocycles. The van der Waals surface area contributed by atoms with Crippen LogP contribution in [-0.2, 0) is 11.3 Å². The van der Waals surface area contributed by atoms with Crippen molar-refractivity contribution in [3.63, 3.8) is 0 Å². The fourth-order valence-corrected chi connectivity index (χ4v) is 3.88. The fourth-order valence-electron chi connectivity index (χ4n) is 3.88. The van der Waals surface area contributed by atoms with Crippen LogP contribution in [0, 0.1) is 5.41 Å². The Balaban J connectivity index is 1.23. The lowest BCUT2D eigenvalue weighted by atomic mass is 9.93. The standard InChI is InChI=1S/C22H24N2O3/c25-20(18-9-5-2-6-10-18)23-19-15-22(19)11-13-24(14-12-22)21(26)27-16-17-7-3-1-4-8-17/h1-10,19H,11-16H2,(H,23,25). The van der Waals surface area contributed by atoms with Gasteiger partial charge in [-0.05, 0) is 42.4 Å². The Bertz CT molecular complexity index is 799. The Kier molecular flexibility index (Phi) is 4.84. The summed E-state index contributed by atoms with van der Waals surface area (Å²) in [6, 6.07) is 19.2. The lowest BCUT2D eigenvalue weighted by Gasteiger charge is -2.32. The van der Waals surface area contributed by atoms with Crippen LogP contribution in [0.1, 0.15) is 35.2 Å². The predicted octanol–water partition coefficient (Wildman–Crippen LogP) is 3.61. The minimum atomic E-state index is -0.251. The highest BCUT2D eigenvalue weighted by Gasteiger charge is 2.56. The largest absolute Gasteiger partial charge is 0.445 e. The molecule has 2 aromatic carbocycles. The number of benzene rings is 2. The van der Waals surface area contributed by atoms with E-state index < -0.39 is 0 Å². The molecule has 1 saturated carbocycles. The fraction of sp³-hybridized carbons (Fsp3) is 0.364. The molecule has 2 aliphatic rings. The van der Waals surface area contributed by atoms with Crippen molar-refractivity contribution >= 4 is 12.0 Å². The molecule has 4 rings (SSSR count). The van der Waals surface area contributed by atoms with E-state index in [0.717, 1.165) is 24.8 Å². The van der Waals surface area contributed by atoms with Gasteiger partial charge in [-0.15, -0.1) is 0 Å². The van der Waals surface area contributed by atoms with Gasteiger partial charge in [-0.2, -0.15) is 0 Å². The third-order valence-corrected chi connectivity index (χ3v) is 5.75. The zero-order valence-electron chi connectivity index (χ0n) is 15.3. The van der Waals surface area contributed by atoms with Crippen LogP contribution in [0.3, 0.4) is 0 Å². The Morgan fingerprint density at radius 3 is 2.30 bits per heavy atom. The van der Waals surface area contributed by atoms with E-state index in [2.05, 4.69) is 5.32 Å². The summed E-state index contributed by atoms with van der Waals surface area (Å²) in [5.41, 5.74) is 1.84. The SMILES string of the molecule is O=C(NC1CC12CCN(C(=O)OCc1ccccc1)CC2)c1ccccc1. The first kappa shape index (κ1) is 17.6. The van der Waals surface area contributed by atoms with E-state index in [1.165, 1.54) is 0 Å². The minimum absolute atomic E-state index is 0.0119. The molecule has 140 valence electrons. The molecule has 1 atom stereocenters. The first-order valence-corrected chi connectivity index (χ1v) is 9.48. The van der Waals surface area contributed by atoms with E-state index in [9.17, 15) is 9.59 Å². The molecule has 1 heterocycles. The van der Waals surface area contributed by atoms with Gasteiger partial charge in [0.15, 0.2) is 0 Å². The summed E-state index contributed by atoms with van der Waals surface area (Å²) in [6.45, 7) is 1.67. The number of nitrogens with one attached hydrogen (secondary N) is 1. The third kappa shape index (κ3) is 3.97.